The Morgan fingerprint density at radius 3 is 2.78 bits per heavy atom. The summed E-state index contributed by atoms with van der Waals surface area (Å²) >= 11 is 7.90. The number of hydrogen-bond acceptors (Lipinski definition) is 3. The summed E-state index contributed by atoms with van der Waals surface area (Å²) in [5.41, 5.74) is 1.13. The maximum atomic E-state index is 5.85. The van der Waals surface area contributed by atoms with Crippen molar-refractivity contribution < 1.29 is 4.74 Å². The van der Waals surface area contributed by atoms with Crippen LogP contribution in [0, 0.1) is 0 Å². The number of nitrogens with zero attached hydrogens (tertiary/aromatic N) is 1. The van der Waals surface area contributed by atoms with E-state index in [9.17, 15) is 0 Å². The number of aliphatic imine (C=N–C) groups is 1. The van der Waals surface area contributed by atoms with Gasteiger partial charge in [0.1, 0.15) is 0 Å². The van der Waals surface area contributed by atoms with E-state index in [1.165, 1.54) is 18.6 Å². The Kier molecular flexibility index (Phi) is 11.1. The number of hydrogen-bond donors (Lipinski definition) is 2. The van der Waals surface area contributed by atoms with Crippen molar-refractivity contribution in [3.05, 3.63) is 34.9 Å². The molecule has 2 rings (SSSR count). The van der Waals surface area contributed by atoms with E-state index in [1.54, 1.807) is 7.05 Å². The molecular formula is C16H25ClIN3OS. The van der Waals surface area contributed by atoms with E-state index < -0.39 is 0 Å². The third kappa shape index (κ3) is 8.47. The summed E-state index contributed by atoms with van der Waals surface area (Å²) in [6.45, 7) is 2.96. The summed E-state index contributed by atoms with van der Waals surface area (Å²) in [4.78, 5) is 4.23. The van der Waals surface area contributed by atoms with Crippen LogP contribution in [0.25, 0.3) is 0 Å². The van der Waals surface area contributed by atoms with Gasteiger partial charge in [0, 0.05) is 30.4 Å². The maximum Gasteiger partial charge on any atom is 0.191 e. The topological polar surface area (TPSA) is 45.7 Å². The number of thioether (sulfide) groups is 1. The van der Waals surface area contributed by atoms with E-state index in [1.807, 2.05) is 36.0 Å². The quantitative estimate of drug-likeness (QED) is 0.278. The standard InChI is InChI=1S/C16H24ClN3OS.HI/c1-18-16(20-11-15-3-2-10-22-15)19-8-9-21-12-13-4-6-14(17)7-5-13;/h4-7,15H,2-3,8-12H2,1H3,(H2,18,19,20);1H. The van der Waals surface area contributed by atoms with Crippen LogP contribution in [0.2, 0.25) is 5.02 Å². The Labute approximate surface area is 165 Å². The molecule has 130 valence electrons. The van der Waals surface area contributed by atoms with Crippen molar-refractivity contribution >= 4 is 53.3 Å². The fraction of sp³-hybridized carbons (Fsp3) is 0.562. The molecule has 0 radical (unpaired) electrons. The summed E-state index contributed by atoms with van der Waals surface area (Å²) in [6, 6.07) is 7.72. The van der Waals surface area contributed by atoms with Gasteiger partial charge in [0.2, 0.25) is 0 Å². The third-order valence-corrected chi connectivity index (χ3v) is 5.12. The van der Waals surface area contributed by atoms with Crippen molar-refractivity contribution in [2.24, 2.45) is 4.99 Å². The Bertz CT molecular complexity index is 467. The van der Waals surface area contributed by atoms with E-state index in [2.05, 4.69) is 15.6 Å². The van der Waals surface area contributed by atoms with E-state index in [-0.39, 0.29) is 24.0 Å². The molecule has 1 fully saturated rings. The Balaban J connectivity index is 0.00000264. The van der Waals surface area contributed by atoms with Gasteiger partial charge in [-0.3, -0.25) is 4.99 Å². The van der Waals surface area contributed by atoms with E-state index >= 15 is 0 Å². The van der Waals surface area contributed by atoms with Gasteiger partial charge in [0.25, 0.3) is 0 Å². The molecule has 0 spiro atoms. The highest BCUT2D eigenvalue weighted by Gasteiger charge is 2.15. The van der Waals surface area contributed by atoms with Gasteiger partial charge in [-0.05, 0) is 36.3 Å². The number of ether oxygens (including phenoxy) is 1. The monoisotopic (exact) mass is 469 g/mol. The lowest BCUT2D eigenvalue weighted by Crippen LogP contribution is -2.41. The smallest absolute Gasteiger partial charge is 0.191 e. The average Bonchev–Trinajstić information content (AvgIpc) is 3.05. The van der Waals surface area contributed by atoms with Crippen molar-refractivity contribution in [1.29, 1.82) is 0 Å². The first-order chi connectivity index (χ1) is 10.8. The molecule has 1 aromatic rings. The van der Waals surface area contributed by atoms with E-state index in [0.29, 0.717) is 13.2 Å². The summed E-state index contributed by atoms with van der Waals surface area (Å²) in [5, 5.41) is 8.12. The van der Waals surface area contributed by atoms with Crippen LogP contribution in [0.3, 0.4) is 0 Å². The first-order valence-electron chi connectivity index (χ1n) is 7.66. The van der Waals surface area contributed by atoms with E-state index in [0.717, 1.165) is 34.9 Å². The first-order valence-corrected chi connectivity index (χ1v) is 9.09. The highest BCUT2D eigenvalue weighted by Crippen LogP contribution is 2.25. The molecule has 1 unspecified atom stereocenters. The summed E-state index contributed by atoms with van der Waals surface area (Å²) in [5.74, 6) is 2.14. The zero-order valence-electron chi connectivity index (χ0n) is 13.4. The minimum atomic E-state index is 0. The molecule has 0 bridgehead atoms. The van der Waals surface area contributed by atoms with Crippen LogP contribution in [0.4, 0.5) is 0 Å². The van der Waals surface area contributed by atoms with Crippen LogP contribution in [-0.2, 0) is 11.3 Å². The number of rotatable bonds is 7. The molecule has 0 saturated carbocycles. The molecule has 7 heteroatoms. The van der Waals surface area contributed by atoms with Crippen molar-refractivity contribution in [3.8, 4) is 0 Å². The van der Waals surface area contributed by atoms with Gasteiger partial charge >= 0.3 is 0 Å². The molecule has 4 nitrogen and oxygen atoms in total. The molecule has 1 atom stereocenters. The van der Waals surface area contributed by atoms with Crippen molar-refractivity contribution in [2.75, 3.05) is 32.5 Å². The Morgan fingerprint density at radius 1 is 1.35 bits per heavy atom. The highest BCUT2D eigenvalue weighted by atomic mass is 127. The molecular weight excluding hydrogens is 445 g/mol. The summed E-state index contributed by atoms with van der Waals surface area (Å²) in [6.07, 6.45) is 2.64. The van der Waals surface area contributed by atoms with Gasteiger partial charge in [-0.15, -0.1) is 24.0 Å². The number of guanidine groups is 1. The van der Waals surface area contributed by atoms with Crippen LogP contribution in [0.15, 0.2) is 29.3 Å². The maximum absolute atomic E-state index is 5.85. The van der Waals surface area contributed by atoms with Crippen LogP contribution in [0.5, 0.6) is 0 Å². The highest BCUT2D eigenvalue weighted by molar-refractivity contribution is 14.0. The van der Waals surface area contributed by atoms with Gasteiger partial charge in [-0.1, -0.05) is 23.7 Å². The van der Waals surface area contributed by atoms with Gasteiger partial charge in [0.05, 0.1) is 13.2 Å². The SMILES string of the molecule is CN=C(NCCOCc1ccc(Cl)cc1)NCC1CCCS1.I. The third-order valence-electron chi connectivity index (χ3n) is 3.47. The minimum Gasteiger partial charge on any atom is -0.375 e. The molecule has 1 aliphatic rings. The van der Waals surface area contributed by atoms with E-state index in [4.69, 9.17) is 16.3 Å². The molecule has 0 amide bonds. The van der Waals surface area contributed by atoms with Crippen molar-refractivity contribution in [1.82, 2.24) is 10.6 Å². The number of nitrogens with one attached hydrogen (secondary N) is 2. The van der Waals surface area contributed by atoms with Crippen LogP contribution in [-0.4, -0.2) is 43.7 Å². The molecule has 1 saturated heterocycles. The summed E-state index contributed by atoms with van der Waals surface area (Å²) < 4.78 is 5.64. The fourth-order valence-corrected chi connectivity index (χ4v) is 3.58. The number of halogens is 2. The zero-order valence-corrected chi connectivity index (χ0v) is 17.3. The normalized spacial score (nSPS) is 17.7. The predicted molar refractivity (Wildman–Crippen MR) is 111 cm³/mol. The van der Waals surface area contributed by atoms with Gasteiger partial charge < -0.3 is 15.4 Å². The minimum absolute atomic E-state index is 0. The largest absolute Gasteiger partial charge is 0.375 e. The van der Waals surface area contributed by atoms with Gasteiger partial charge in [-0.2, -0.15) is 11.8 Å². The molecule has 1 aliphatic heterocycles. The molecule has 0 aliphatic carbocycles. The molecule has 2 N–H and O–H groups in total. The lowest BCUT2D eigenvalue weighted by atomic mass is 10.2. The molecule has 1 aromatic carbocycles. The second-order valence-corrected chi connectivity index (χ2v) is 7.04. The van der Waals surface area contributed by atoms with Crippen LogP contribution in [0.1, 0.15) is 18.4 Å². The second kappa shape index (κ2) is 12.2. The van der Waals surface area contributed by atoms with Gasteiger partial charge in [-0.25, -0.2) is 0 Å². The lowest BCUT2D eigenvalue weighted by Gasteiger charge is -2.14. The average molecular weight is 470 g/mol. The van der Waals surface area contributed by atoms with Crippen molar-refractivity contribution in [2.45, 2.75) is 24.7 Å². The van der Waals surface area contributed by atoms with Crippen molar-refractivity contribution in [3.63, 3.8) is 0 Å². The Hall–Kier alpha value is -0.180. The molecule has 23 heavy (non-hydrogen) atoms. The second-order valence-electron chi connectivity index (χ2n) is 5.19. The predicted octanol–water partition coefficient (Wildman–Crippen LogP) is 3.54. The zero-order chi connectivity index (χ0) is 15.6. The van der Waals surface area contributed by atoms with Crippen LogP contribution < -0.4 is 10.6 Å². The molecule has 1 heterocycles. The van der Waals surface area contributed by atoms with Gasteiger partial charge in [0.15, 0.2) is 5.96 Å². The van der Waals surface area contributed by atoms with Crippen LogP contribution >= 0.6 is 47.3 Å². The Morgan fingerprint density at radius 2 is 2.13 bits per heavy atom. The summed E-state index contributed by atoms with van der Waals surface area (Å²) in [7, 11) is 1.80. The lowest BCUT2D eigenvalue weighted by molar-refractivity contribution is 0.125. The first kappa shape index (κ1) is 20.9. The fourth-order valence-electron chi connectivity index (χ4n) is 2.25. The number of benzene rings is 1. The molecule has 0 aromatic heterocycles.